The van der Waals surface area contributed by atoms with Gasteiger partial charge in [-0.15, -0.1) is 0 Å². The summed E-state index contributed by atoms with van der Waals surface area (Å²) in [5.74, 6) is 0. The third-order valence-electron chi connectivity index (χ3n) is 3.67. The average molecular weight is 350 g/mol. The Morgan fingerprint density at radius 2 is 1.74 bits per heavy atom. The van der Waals surface area contributed by atoms with Crippen molar-refractivity contribution in [2.75, 3.05) is 0 Å². The largest absolute Gasteiger partial charge is 0.240 e. The van der Waals surface area contributed by atoms with E-state index in [-0.39, 0.29) is 6.04 Å². The molecule has 0 radical (unpaired) electrons. The summed E-state index contributed by atoms with van der Waals surface area (Å²) in [6.07, 6.45) is 0.764. The van der Waals surface area contributed by atoms with Crippen molar-refractivity contribution >= 4 is 21.8 Å². The Labute approximate surface area is 143 Å². The number of aryl methyl sites for hydroxylation is 2. The van der Waals surface area contributed by atoms with Crippen LogP contribution in [0.5, 0.6) is 0 Å². The van der Waals surface area contributed by atoms with Gasteiger partial charge in [0.25, 0.3) is 0 Å². The van der Waals surface area contributed by atoms with E-state index in [4.69, 9.17) is 0 Å². The molecule has 0 aliphatic heterocycles. The van der Waals surface area contributed by atoms with Gasteiger partial charge in [0.2, 0.25) is 10.0 Å². The van der Waals surface area contributed by atoms with E-state index in [9.17, 15) is 8.42 Å². The Morgan fingerprint density at radius 3 is 2.35 bits per heavy atom. The minimum atomic E-state index is -3.44. The van der Waals surface area contributed by atoms with Gasteiger partial charge < -0.3 is 0 Å². The standard InChI is InChI=1S/C18H23NO2S2/c1-5-15(4)19-23(20,21)17-10-8-16(9-11-17)22-18-12-13(2)6-7-14(18)3/h6-12,15,19H,5H2,1-4H3/t15-/m0/s1. The van der Waals surface area contributed by atoms with E-state index in [0.29, 0.717) is 4.90 Å². The second-order valence-electron chi connectivity index (χ2n) is 5.77. The maximum Gasteiger partial charge on any atom is 0.240 e. The number of hydrogen-bond donors (Lipinski definition) is 1. The lowest BCUT2D eigenvalue weighted by Crippen LogP contribution is -2.31. The van der Waals surface area contributed by atoms with Crippen LogP contribution in [0.15, 0.2) is 57.2 Å². The predicted octanol–water partition coefficient (Wildman–Crippen LogP) is 4.53. The van der Waals surface area contributed by atoms with Crippen LogP contribution in [0.3, 0.4) is 0 Å². The molecule has 2 aromatic carbocycles. The van der Waals surface area contributed by atoms with E-state index < -0.39 is 10.0 Å². The fourth-order valence-electron chi connectivity index (χ4n) is 2.05. The molecule has 1 N–H and O–H groups in total. The first-order valence-electron chi connectivity index (χ1n) is 7.69. The van der Waals surface area contributed by atoms with Gasteiger partial charge in [-0.05, 0) is 68.7 Å². The van der Waals surface area contributed by atoms with E-state index in [1.165, 1.54) is 16.0 Å². The molecule has 3 nitrogen and oxygen atoms in total. The van der Waals surface area contributed by atoms with Crippen LogP contribution >= 0.6 is 11.8 Å². The summed E-state index contributed by atoms with van der Waals surface area (Å²) in [6, 6.07) is 13.3. The van der Waals surface area contributed by atoms with Crippen LogP contribution in [0.1, 0.15) is 31.4 Å². The van der Waals surface area contributed by atoms with Crippen LogP contribution in [-0.4, -0.2) is 14.5 Å². The molecule has 0 fully saturated rings. The van der Waals surface area contributed by atoms with Crippen LogP contribution in [0.2, 0.25) is 0 Å². The molecule has 1 atom stereocenters. The van der Waals surface area contributed by atoms with Gasteiger partial charge in [-0.1, -0.05) is 30.8 Å². The van der Waals surface area contributed by atoms with Crippen molar-refractivity contribution in [2.45, 2.75) is 54.8 Å². The van der Waals surface area contributed by atoms with E-state index in [2.05, 4.69) is 36.8 Å². The maximum atomic E-state index is 12.3. The molecule has 0 aromatic heterocycles. The van der Waals surface area contributed by atoms with Crippen molar-refractivity contribution < 1.29 is 8.42 Å². The lowest BCUT2D eigenvalue weighted by Gasteiger charge is -2.12. The molecule has 0 spiro atoms. The molecular formula is C18H23NO2S2. The smallest absolute Gasteiger partial charge is 0.208 e. The molecule has 0 aliphatic carbocycles. The van der Waals surface area contributed by atoms with Crippen LogP contribution in [0, 0.1) is 13.8 Å². The summed E-state index contributed by atoms with van der Waals surface area (Å²) in [6.45, 7) is 7.97. The lowest BCUT2D eigenvalue weighted by atomic mass is 10.2. The highest BCUT2D eigenvalue weighted by molar-refractivity contribution is 7.99. The highest BCUT2D eigenvalue weighted by Crippen LogP contribution is 2.31. The summed E-state index contributed by atoms with van der Waals surface area (Å²) >= 11 is 1.65. The quantitative estimate of drug-likeness (QED) is 0.833. The van der Waals surface area contributed by atoms with Crippen molar-refractivity contribution in [1.29, 1.82) is 0 Å². The molecule has 0 heterocycles. The third-order valence-corrected chi connectivity index (χ3v) is 6.45. The number of benzene rings is 2. The molecular weight excluding hydrogens is 326 g/mol. The molecule has 0 unspecified atom stereocenters. The molecule has 5 heteroatoms. The highest BCUT2D eigenvalue weighted by Gasteiger charge is 2.16. The maximum absolute atomic E-state index is 12.3. The van der Waals surface area contributed by atoms with E-state index in [1.807, 2.05) is 26.0 Å². The summed E-state index contributed by atoms with van der Waals surface area (Å²) in [4.78, 5) is 2.53. The van der Waals surface area contributed by atoms with E-state index in [1.54, 1.807) is 23.9 Å². The zero-order valence-electron chi connectivity index (χ0n) is 14.0. The summed E-state index contributed by atoms with van der Waals surface area (Å²) in [5.41, 5.74) is 2.44. The Hall–Kier alpha value is -1.30. The molecule has 2 rings (SSSR count). The first-order valence-corrected chi connectivity index (χ1v) is 9.99. The minimum Gasteiger partial charge on any atom is -0.208 e. The monoisotopic (exact) mass is 349 g/mol. The number of nitrogens with one attached hydrogen (secondary N) is 1. The molecule has 0 bridgehead atoms. The fraction of sp³-hybridized carbons (Fsp3) is 0.333. The number of rotatable bonds is 6. The second-order valence-corrected chi connectivity index (χ2v) is 8.60. The summed E-state index contributed by atoms with van der Waals surface area (Å²) in [7, 11) is -3.44. The molecule has 23 heavy (non-hydrogen) atoms. The molecule has 0 aliphatic rings. The Bertz CT molecular complexity index is 768. The first-order chi connectivity index (χ1) is 10.8. The predicted molar refractivity (Wildman–Crippen MR) is 96.6 cm³/mol. The molecule has 0 saturated heterocycles. The van der Waals surface area contributed by atoms with Gasteiger partial charge in [0.15, 0.2) is 0 Å². The van der Waals surface area contributed by atoms with Crippen LogP contribution < -0.4 is 4.72 Å². The van der Waals surface area contributed by atoms with Crippen molar-refractivity contribution in [3.05, 3.63) is 53.6 Å². The normalized spacial score (nSPS) is 13.0. The number of sulfonamides is 1. The van der Waals surface area contributed by atoms with Gasteiger partial charge in [-0.25, -0.2) is 13.1 Å². The van der Waals surface area contributed by atoms with Crippen molar-refractivity contribution in [2.24, 2.45) is 0 Å². The first kappa shape index (κ1) is 18.0. The SMILES string of the molecule is CC[C@H](C)NS(=O)(=O)c1ccc(Sc2cc(C)ccc2C)cc1. The van der Waals surface area contributed by atoms with Crippen molar-refractivity contribution in [3.8, 4) is 0 Å². The second kappa shape index (κ2) is 7.51. The molecule has 124 valence electrons. The van der Waals surface area contributed by atoms with E-state index >= 15 is 0 Å². The molecule has 2 aromatic rings. The Morgan fingerprint density at radius 1 is 1.09 bits per heavy atom. The zero-order valence-corrected chi connectivity index (χ0v) is 15.6. The average Bonchev–Trinajstić information content (AvgIpc) is 2.51. The van der Waals surface area contributed by atoms with Crippen molar-refractivity contribution in [3.63, 3.8) is 0 Å². The molecule has 0 saturated carbocycles. The fourth-order valence-corrected chi connectivity index (χ4v) is 4.37. The summed E-state index contributed by atoms with van der Waals surface area (Å²) in [5, 5.41) is 0. The van der Waals surface area contributed by atoms with Gasteiger partial charge in [-0.3, -0.25) is 0 Å². The summed E-state index contributed by atoms with van der Waals surface area (Å²) < 4.78 is 27.2. The van der Waals surface area contributed by atoms with Gasteiger partial charge in [0, 0.05) is 15.8 Å². The van der Waals surface area contributed by atoms with Gasteiger partial charge in [-0.2, -0.15) is 0 Å². The third kappa shape index (κ3) is 4.83. The molecule has 0 amide bonds. The minimum absolute atomic E-state index is 0.0657. The lowest BCUT2D eigenvalue weighted by molar-refractivity contribution is 0.556. The van der Waals surface area contributed by atoms with Crippen molar-refractivity contribution in [1.82, 2.24) is 4.72 Å². The van der Waals surface area contributed by atoms with Crippen LogP contribution in [0.25, 0.3) is 0 Å². The van der Waals surface area contributed by atoms with Gasteiger partial charge >= 0.3 is 0 Å². The van der Waals surface area contributed by atoms with Gasteiger partial charge in [0.05, 0.1) is 4.90 Å². The van der Waals surface area contributed by atoms with Crippen LogP contribution in [-0.2, 0) is 10.0 Å². The Balaban J connectivity index is 2.18. The number of hydrogen-bond acceptors (Lipinski definition) is 3. The topological polar surface area (TPSA) is 46.2 Å². The van der Waals surface area contributed by atoms with E-state index in [0.717, 1.165) is 11.3 Å². The van der Waals surface area contributed by atoms with Crippen LogP contribution in [0.4, 0.5) is 0 Å². The zero-order chi connectivity index (χ0) is 17.0. The van der Waals surface area contributed by atoms with Gasteiger partial charge in [0.1, 0.15) is 0 Å². The highest BCUT2D eigenvalue weighted by atomic mass is 32.2. The Kier molecular flexibility index (Phi) is 5.89.